The molecule has 0 radical (unpaired) electrons. The molecule has 2 heteroatoms. The van der Waals surface area contributed by atoms with Gasteiger partial charge in [0, 0.05) is 26.2 Å². The zero-order valence-corrected chi connectivity index (χ0v) is 9.25. The summed E-state index contributed by atoms with van der Waals surface area (Å²) in [6.45, 7) is 7.03. The van der Waals surface area contributed by atoms with Crippen LogP contribution in [0.4, 0.5) is 0 Å². The summed E-state index contributed by atoms with van der Waals surface area (Å²) < 4.78 is 5.36. The van der Waals surface area contributed by atoms with E-state index in [0.717, 1.165) is 6.04 Å². The van der Waals surface area contributed by atoms with Crippen LogP contribution >= 0.6 is 0 Å². The summed E-state index contributed by atoms with van der Waals surface area (Å²) in [5, 5.41) is 0. The van der Waals surface area contributed by atoms with Crippen LogP contribution in [0.3, 0.4) is 0 Å². The first-order valence-electron chi connectivity index (χ1n) is 5.58. The van der Waals surface area contributed by atoms with Crippen molar-refractivity contribution < 1.29 is 4.74 Å². The second-order valence-electron chi connectivity index (χ2n) is 3.94. The van der Waals surface area contributed by atoms with Gasteiger partial charge in [0.15, 0.2) is 0 Å². The van der Waals surface area contributed by atoms with Gasteiger partial charge in [0.2, 0.25) is 0 Å². The van der Waals surface area contributed by atoms with E-state index >= 15 is 0 Å². The van der Waals surface area contributed by atoms with Crippen molar-refractivity contribution >= 4 is 0 Å². The molecule has 0 aromatic rings. The first kappa shape index (κ1) is 11.0. The average molecular weight is 185 g/mol. The van der Waals surface area contributed by atoms with Gasteiger partial charge in [-0.05, 0) is 25.7 Å². The fraction of sp³-hybridized carbons (Fsp3) is 1.00. The Balaban J connectivity index is 2.30. The molecule has 1 rings (SSSR count). The molecule has 1 aliphatic rings. The standard InChI is InChI=1S/C11H23NO/c1-4-10(5-2)12-8-6-11(13-3)7-9-12/h10-11H,4-9H2,1-3H3. The Bertz CT molecular complexity index is 126. The lowest BCUT2D eigenvalue weighted by atomic mass is 10.0. The zero-order chi connectivity index (χ0) is 9.68. The summed E-state index contributed by atoms with van der Waals surface area (Å²) in [6, 6.07) is 0.804. The van der Waals surface area contributed by atoms with Gasteiger partial charge in [-0.15, -0.1) is 0 Å². The summed E-state index contributed by atoms with van der Waals surface area (Å²) in [6.07, 6.45) is 5.52. The van der Waals surface area contributed by atoms with Crippen LogP contribution in [0.5, 0.6) is 0 Å². The fourth-order valence-corrected chi connectivity index (χ4v) is 2.28. The van der Waals surface area contributed by atoms with Crippen LogP contribution in [-0.4, -0.2) is 37.2 Å². The minimum Gasteiger partial charge on any atom is -0.381 e. The normalized spacial score (nSPS) is 21.2. The second-order valence-corrected chi connectivity index (χ2v) is 3.94. The summed E-state index contributed by atoms with van der Waals surface area (Å²) >= 11 is 0. The monoisotopic (exact) mass is 185 g/mol. The molecule has 13 heavy (non-hydrogen) atoms. The molecule has 0 aliphatic carbocycles. The Hall–Kier alpha value is -0.0800. The minimum absolute atomic E-state index is 0.519. The lowest BCUT2D eigenvalue weighted by molar-refractivity contribution is 0.0259. The van der Waals surface area contributed by atoms with E-state index in [-0.39, 0.29) is 0 Å². The van der Waals surface area contributed by atoms with E-state index in [1.165, 1.54) is 38.8 Å². The molecular formula is C11H23NO. The van der Waals surface area contributed by atoms with Crippen molar-refractivity contribution in [2.45, 2.75) is 51.7 Å². The number of methoxy groups -OCH3 is 1. The fourth-order valence-electron chi connectivity index (χ4n) is 2.28. The Morgan fingerprint density at radius 3 is 2.15 bits per heavy atom. The molecule has 0 atom stereocenters. The van der Waals surface area contributed by atoms with Crippen molar-refractivity contribution in [3.8, 4) is 0 Å². The molecule has 78 valence electrons. The van der Waals surface area contributed by atoms with E-state index in [1.54, 1.807) is 0 Å². The Kier molecular flexibility index (Phi) is 4.74. The highest BCUT2D eigenvalue weighted by atomic mass is 16.5. The van der Waals surface area contributed by atoms with Gasteiger partial charge in [0.1, 0.15) is 0 Å². The predicted molar refractivity (Wildman–Crippen MR) is 56.0 cm³/mol. The Morgan fingerprint density at radius 1 is 1.23 bits per heavy atom. The number of ether oxygens (including phenoxy) is 1. The molecule has 0 bridgehead atoms. The van der Waals surface area contributed by atoms with E-state index < -0.39 is 0 Å². The molecule has 0 amide bonds. The molecule has 2 nitrogen and oxygen atoms in total. The van der Waals surface area contributed by atoms with Crippen LogP contribution in [0.2, 0.25) is 0 Å². The van der Waals surface area contributed by atoms with Crippen molar-refractivity contribution in [2.75, 3.05) is 20.2 Å². The maximum Gasteiger partial charge on any atom is 0.0595 e. The van der Waals surface area contributed by atoms with E-state index in [9.17, 15) is 0 Å². The largest absolute Gasteiger partial charge is 0.381 e. The molecule has 1 aliphatic heterocycles. The van der Waals surface area contributed by atoms with Gasteiger partial charge in [0.05, 0.1) is 6.10 Å². The van der Waals surface area contributed by atoms with Gasteiger partial charge in [-0.3, -0.25) is 0 Å². The summed E-state index contributed by atoms with van der Waals surface area (Å²) in [5.74, 6) is 0. The number of hydrogen-bond donors (Lipinski definition) is 0. The van der Waals surface area contributed by atoms with E-state index in [1.807, 2.05) is 7.11 Å². The second kappa shape index (κ2) is 5.61. The SMILES string of the molecule is CCC(CC)N1CCC(OC)CC1. The van der Waals surface area contributed by atoms with Gasteiger partial charge in [-0.1, -0.05) is 13.8 Å². The Labute approximate surface area is 82.3 Å². The quantitative estimate of drug-likeness (QED) is 0.666. The van der Waals surface area contributed by atoms with Crippen LogP contribution < -0.4 is 0 Å². The topological polar surface area (TPSA) is 12.5 Å². The van der Waals surface area contributed by atoms with E-state index in [4.69, 9.17) is 4.74 Å². The lowest BCUT2D eigenvalue weighted by Crippen LogP contribution is -2.42. The van der Waals surface area contributed by atoms with Crippen LogP contribution in [-0.2, 0) is 4.74 Å². The lowest BCUT2D eigenvalue weighted by Gasteiger charge is -2.36. The maximum atomic E-state index is 5.36. The summed E-state index contributed by atoms with van der Waals surface area (Å²) in [5.41, 5.74) is 0. The van der Waals surface area contributed by atoms with Gasteiger partial charge in [-0.25, -0.2) is 0 Å². The van der Waals surface area contributed by atoms with E-state index in [2.05, 4.69) is 18.7 Å². The van der Waals surface area contributed by atoms with Gasteiger partial charge in [-0.2, -0.15) is 0 Å². The average Bonchev–Trinajstić information content (AvgIpc) is 2.21. The van der Waals surface area contributed by atoms with Crippen LogP contribution in [0, 0.1) is 0 Å². The maximum absolute atomic E-state index is 5.36. The van der Waals surface area contributed by atoms with Crippen molar-refractivity contribution in [3.63, 3.8) is 0 Å². The highest BCUT2D eigenvalue weighted by molar-refractivity contribution is 4.77. The zero-order valence-electron chi connectivity index (χ0n) is 9.25. The number of rotatable bonds is 4. The first-order valence-corrected chi connectivity index (χ1v) is 5.58. The molecule has 0 unspecified atom stereocenters. The molecule has 1 saturated heterocycles. The van der Waals surface area contributed by atoms with Crippen LogP contribution in [0.25, 0.3) is 0 Å². The molecule has 0 aromatic carbocycles. The van der Waals surface area contributed by atoms with Crippen molar-refractivity contribution in [2.24, 2.45) is 0 Å². The third-order valence-electron chi connectivity index (χ3n) is 3.27. The van der Waals surface area contributed by atoms with Crippen molar-refractivity contribution in [1.82, 2.24) is 4.90 Å². The minimum atomic E-state index is 0.519. The highest BCUT2D eigenvalue weighted by Crippen LogP contribution is 2.18. The molecular weight excluding hydrogens is 162 g/mol. The Morgan fingerprint density at radius 2 is 1.77 bits per heavy atom. The third-order valence-corrected chi connectivity index (χ3v) is 3.27. The molecule has 0 N–H and O–H groups in total. The van der Waals surface area contributed by atoms with Crippen LogP contribution in [0.15, 0.2) is 0 Å². The summed E-state index contributed by atoms with van der Waals surface area (Å²) in [4.78, 5) is 2.62. The number of piperidine rings is 1. The molecule has 1 fully saturated rings. The molecule has 0 aromatic heterocycles. The van der Waals surface area contributed by atoms with Gasteiger partial charge in [0.25, 0.3) is 0 Å². The summed E-state index contributed by atoms with van der Waals surface area (Å²) in [7, 11) is 1.83. The first-order chi connectivity index (χ1) is 6.31. The van der Waals surface area contributed by atoms with Crippen molar-refractivity contribution in [3.05, 3.63) is 0 Å². The smallest absolute Gasteiger partial charge is 0.0595 e. The van der Waals surface area contributed by atoms with Crippen LogP contribution in [0.1, 0.15) is 39.5 Å². The third kappa shape index (κ3) is 2.96. The molecule has 0 saturated carbocycles. The van der Waals surface area contributed by atoms with Gasteiger partial charge >= 0.3 is 0 Å². The van der Waals surface area contributed by atoms with Gasteiger partial charge < -0.3 is 9.64 Å². The number of hydrogen-bond acceptors (Lipinski definition) is 2. The molecule has 1 heterocycles. The predicted octanol–water partition coefficient (Wildman–Crippen LogP) is 2.29. The highest BCUT2D eigenvalue weighted by Gasteiger charge is 2.22. The number of nitrogens with zero attached hydrogens (tertiary/aromatic N) is 1. The van der Waals surface area contributed by atoms with Crippen molar-refractivity contribution in [1.29, 1.82) is 0 Å². The number of likely N-dealkylation sites (tertiary alicyclic amines) is 1. The van der Waals surface area contributed by atoms with E-state index in [0.29, 0.717) is 6.10 Å². The molecule has 0 spiro atoms.